The van der Waals surface area contributed by atoms with Gasteiger partial charge in [-0.1, -0.05) is 12.1 Å². The van der Waals surface area contributed by atoms with Crippen LogP contribution in [0.15, 0.2) is 29.2 Å². The number of fused-ring (bicyclic) bond motifs is 1. The summed E-state index contributed by atoms with van der Waals surface area (Å²) in [5.41, 5.74) is 0.815. The molecule has 5 heteroatoms. The summed E-state index contributed by atoms with van der Waals surface area (Å²) >= 11 is 1.54. The first-order valence-corrected chi connectivity index (χ1v) is 6.19. The van der Waals surface area contributed by atoms with Crippen molar-refractivity contribution in [1.82, 2.24) is 0 Å². The fraction of sp³-hybridized carbons (Fsp3) is 0.333. The molecule has 90 valence electrons. The molecule has 1 atom stereocenters. The second-order valence-corrected chi connectivity index (χ2v) is 5.11. The molecule has 1 unspecified atom stereocenters. The van der Waals surface area contributed by atoms with Gasteiger partial charge >= 0.3 is 5.97 Å². The van der Waals surface area contributed by atoms with Crippen LogP contribution in [0.1, 0.15) is 12.8 Å². The molecule has 0 saturated carbocycles. The molecule has 4 nitrogen and oxygen atoms in total. The van der Waals surface area contributed by atoms with E-state index in [1.54, 1.807) is 11.8 Å². The molecular formula is C12H13NO3S. The molecule has 1 aliphatic rings. The molecule has 0 saturated heterocycles. The maximum absolute atomic E-state index is 11.6. The standard InChI is InChI=1S/C12H13NO3S/c1-16-12(15)7-8-6-11(14)13-9-4-2-3-5-10(9)17-8/h2-5,8H,6-7H2,1H3,(H,13,14). The highest BCUT2D eigenvalue weighted by Gasteiger charge is 2.24. The van der Waals surface area contributed by atoms with Crippen LogP contribution in [0.2, 0.25) is 0 Å². The van der Waals surface area contributed by atoms with E-state index in [4.69, 9.17) is 0 Å². The number of hydrogen-bond donors (Lipinski definition) is 1. The van der Waals surface area contributed by atoms with E-state index in [0.29, 0.717) is 6.42 Å². The lowest BCUT2D eigenvalue weighted by Crippen LogP contribution is -2.18. The number of nitrogens with one attached hydrogen (secondary N) is 1. The van der Waals surface area contributed by atoms with Crippen molar-refractivity contribution in [3.8, 4) is 0 Å². The van der Waals surface area contributed by atoms with Crippen LogP contribution >= 0.6 is 11.8 Å². The zero-order valence-electron chi connectivity index (χ0n) is 9.43. The highest BCUT2D eigenvalue weighted by Crippen LogP contribution is 2.36. The zero-order valence-corrected chi connectivity index (χ0v) is 10.3. The largest absolute Gasteiger partial charge is 0.469 e. The van der Waals surface area contributed by atoms with Crippen LogP contribution in [0, 0.1) is 0 Å². The van der Waals surface area contributed by atoms with Crippen molar-refractivity contribution in [3.05, 3.63) is 24.3 Å². The predicted octanol–water partition coefficient (Wildman–Crippen LogP) is 2.05. The van der Waals surface area contributed by atoms with Crippen LogP contribution in [0.4, 0.5) is 5.69 Å². The van der Waals surface area contributed by atoms with Crippen molar-refractivity contribution in [3.63, 3.8) is 0 Å². The Bertz CT molecular complexity index is 445. The Labute approximate surface area is 104 Å². The van der Waals surface area contributed by atoms with E-state index in [1.165, 1.54) is 7.11 Å². The van der Waals surface area contributed by atoms with Gasteiger partial charge in [-0.05, 0) is 12.1 Å². The third-order valence-electron chi connectivity index (χ3n) is 2.49. The van der Waals surface area contributed by atoms with Gasteiger partial charge in [0.1, 0.15) is 0 Å². The van der Waals surface area contributed by atoms with Gasteiger partial charge in [0, 0.05) is 16.6 Å². The minimum absolute atomic E-state index is 0.0589. The van der Waals surface area contributed by atoms with Crippen molar-refractivity contribution in [2.24, 2.45) is 0 Å². The average Bonchev–Trinajstić information content (AvgIpc) is 2.46. The van der Waals surface area contributed by atoms with Crippen molar-refractivity contribution >= 4 is 29.3 Å². The summed E-state index contributed by atoms with van der Waals surface area (Å²) < 4.78 is 4.63. The summed E-state index contributed by atoms with van der Waals surface area (Å²) in [6.07, 6.45) is 0.581. The number of ether oxygens (including phenoxy) is 1. The molecule has 0 radical (unpaired) electrons. The van der Waals surface area contributed by atoms with E-state index >= 15 is 0 Å². The van der Waals surface area contributed by atoms with Crippen LogP contribution in [0.25, 0.3) is 0 Å². The SMILES string of the molecule is COC(=O)CC1CC(=O)Nc2ccccc2S1. The molecule has 1 N–H and O–H groups in total. The number of para-hydroxylation sites is 1. The molecule has 2 rings (SSSR count). The van der Waals surface area contributed by atoms with Gasteiger partial charge in [0.15, 0.2) is 0 Å². The van der Waals surface area contributed by atoms with E-state index in [1.807, 2.05) is 24.3 Å². The molecular weight excluding hydrogens is 238 g/mol. The summed E-state index contributed by atoms with van der Waals surface area (Å²) in [6, 6.07) is 7.59. The summed E-state index contributed by atoms with van der Waals surface area (Å²) in [4.78, 5) is 23.9. The van der Waals surface area contributed by atoms with Crippen LogP contribution in [0.5, 0.6) is 0 Å². The molecule has 0 aliphatic carbocycles. The van der Waals surface area contributed by atoms with E-state index in [9.17, 15) is 9.59 Å². The van der Waals surface area contributed by atoms with Gasteiger partial charge in [-0.2, -0.15) is 0 Å². The number of rotatable bonds is 2. The minimum atomic E-state index is -0.283. The zero-order chi connectivity index (χ0) is 12.3. The van der Waals surface area contributed by atoms with Gasteiger partial charge in [0.2, 0.25) is 5.91 Å². The van der Waals surface area contributed by atoms with E-state index in [2.05, 4.69) is 10.1 Å². The topological polar surface area (TPSA) is 55.4 Å². The molecule has 1 amide bonds. The molecule has 0 fully saturated rings. The quantitative estimate of drug-likeness (QED) is 0.817. The van der Waals surface area contributed by atoms with Crippen LogP contribution in [-0.2, 0) is 14.3 Å². The predicted molar refractivity (Wildman–Crippen MR) is 66.0 cm³/mol. The Hall–Kier alpha value is -1.49. The number of esters is 1. The van der Waals surface area contributed by atoms with Gasteiger partial charge in [0.05, 0.1) is 19.2 Å². The molecule has 1 aromatic carbocycles. The number of carbonyl (C=O) groups excluding carboxylic acids is 2. The highest BCUT2D eigenvalue weighted by molar-refractivity contribution is 8.00. The molecule has 17 heavy (non-hydrogen) atoms. The number of anilines is 1. The van der Waals surface area contributed by atoms with Crippen LogP contribution < -0.4 is 5.32 Å². The molecule has 1 aromatic rings. The number of benzene rings is 1. The first kappa shape index (κ1) is 12.0. The summed E-state index contributed by atoms with van der Waals surface area (Å²) in [5.74, 6) is -0.342. The Kier molecular flexibility index (Phi) is 3.68. The number of carbonyl (C=O) groups is 2. The molecule has 0 aromatic heterocycles. The third kappa shape index (κ3) is 3.00. The molecule has 0 spiro atoms. The third-order valence-corrected chi connectivity index (χ3v) is 3.77. The average molecular weight is 251 g/mol. The van der Waals surface area contributed by atoms with Crippen LogP contribution in [0.3, 0.4) is 0 Å². The summed E-state index contributed by atoms with van der Waals surface area (Å²) in [5, 5.41) is 2.77. The fourth-order valence-corrected chi connectivity index (χ4v) is 2.90. The van der Waals surface area contributed by atoms with Crippen molar-refractivity contribution in [1.29, 1.82) is 0 Å². The van der Waals surface area contributed by atoms with Crippen molar-refractivity contribution in [2.75, 3.05) is 12.4 Å². The van der Waals surface area contributed by atoms with Gasteiger partial charge in [-0.3, -0.25) is 9.59 Å². The molecule has 0 bridgehead atoms. The summed E-state index contributed by atoms with van der Waals surface area (Å²) in [6.45, 7) is 0. The summed E-state index contributed by atoms with van der Waals surface area (Å²) in [7, 11) is 1.36. The Morgan fingerprint density at radius 1 is 1.53 bits per heavy atom. The second kappa shape index (κ2) is 5.23. The van der Waals surface area contributed by atoms with Crippen LogP contribution in [-0.4, -0.2) is 24.2 Å². The lowest BCUT2D eigenvalue weighted by atomic mass is 10.2. The maximum atomic E-state index is 11.6. The van der Waals surface area contributed by atoms with E-state index in [0.717, 1.165) is 10.6 Å². The van der Waals surface area contributed by atoms with Gasteiger partial charge in [0.25, 0.3) is 0 Å². The van der Waals surface area contributed by atoms with Crippen molar-refractivity contribution in [2.45, 2.75) is 23.0 Å². The van der Waals surface area contributed by atoms with E-state index < -0.39 is 0 Å². The number of methoxy groups -OCH3 is 1. The van der Waals surface area contributed by atoms with Crippen molar-refractivity contribution < 1.29 is 14.3 Å². The normalized spacial score (nSPS) is 18.9. The first-order chi connectivity index (χ1) is 8.19. The maximum Gasteiger partial charge on any atom is 0.306 e. The first-order valence-electron chi connectivity index (χ1n) is 5.31. The second-order valence-electron chi connectivity index (χ2n) is 3.77. The molecule has 1 heterocycles. The highest BCUT2D eigenvalue weighted by atomic mass is 32.2. The Morgan fingerprint density at radius 3 is 3.06 bits per heavy atom. The smallest absolute Gasteiger partial charge is 0.306 e. The van der Waals surface area contributed by atoms with Gasteiger partial charge in [-0.15, -0.1) is 11.8 Å². The fourth-order valence-electron chi connectivity index (χ4n) is 1.68. The number of amides is 1. The Morgan fingerprint density at radius 2 is 2.29 bits per heavy atom. The van der Waals surface area contributed by atoms with Gasteiger partial charge in [-0.25, -0.2) is 0 Å². The Balaban J connectivity index is 2.17. The monoisotopic (exact) mass is 251 g/mol. The minimum Gasteiger partial charge on any atom is -0.469 e. The lowest BCUT2D eigenvalue weighted by Gasteiger charge is -2.10. The molecule has 1 aliphatic heterocycles. The number of hydrogen-bond acceptors (Lipinski definition) is 4. The van der Waals surface area contributed by atoms with E-state index in [-0.39, 0.29) is 23.5 Å². The van der Waals surface area contributed by atoms with Gasteiger partial charge < -0.3 is 10.1 Å². The lowest BCUT2D eigenvalue weighted by molar-refractivity contribution is -0.140. The number of thioether (sulfide) groups is 1.